The maximum absolute atomic E-state index is 12.6. The molecule has 28 heavy (non-hydrogen) atoms. The SMILES string of the molecule is Cc1cccc(CNc2cc(C(=O)Nc3ccc(C(F)(F)F)cc3)ncn2)c1. The fourth-order valence-corrected chi connectivity index (χ4v) is 2.53. The van der Waals surface area contributed by atoms with Crippen LogP contribution in [0.2, 0.25) is 0 Å². The number of aromatic nitrogens is 2. The number of carbonyl (C=O) groups excluding carboxylic acids is 1. The summed E-state index contributed by atoms with van der Waals surface area (Å²) in [4.78, 5) is 20.3. The first kappa shape index (κ1) is 19.3. The summed E-state index contributed by atoms with van der Waals surface area (Å²) in [7, 11) is 0. The van der Waals surface area contributed by atoms with E-state index in [1.807, 2.05) is 31.2 Å². The molecule has 0 saturated carbocycles. The summed E-state index contributed by atoms with van der Waals surface area (Å²) in [5.41, 5.74) is 1.76. The van der Waals surface area contributed by atoms with E-state index in [0.29, 0.717) is 12.4 Å². The van der Waals surface area contributed by atoms with Crippen molar-refractivity contribution >= 4 is 17.4 Å². The van der Waals surface area contributed by atoms with E-state index in [1.165, 1.54) is 24.5 Å². The van der Waals surface area contributed by atoms with Crippen molar-refractivity contribution in [1.29, 1.82) is 0 Å². The number of aryl methyl sites for hydroxylation is 1. The molecule has 0 atom stereocenters. The number of hydrogen-bond acceptors (Lipinski definition) is 4. The number of nitrogens with zero attached hydrogens (tertiary/aromatic N) is 2. The second-order valence-electron chi connectivity index (χ2n) is 6.16. The molecule has 0 unspecified atom stereocenters. The molecule has 1 heterocycles. The first-order valence-electron chi connectivity index (χ1n) is 8.41. The number of nitrogens with one attached hydrogen (secondary N) is 2. The lowest BCUT2D eigenvalue weighted by atomic mass is 10.1. The van der Waals surface area contributed by atoms with E-state index in [4.69, 9.17) is 0 Å². The summed E-state index contributed by atoms with van der Waals surface area (Å²) in [5.74, 6) is -0.0742. The lowest BCUT2D eigenvalue weighted by molar-refractivity contribution is -0.137. The molecule has 0 aliphatic rings. The minimum Gasteiger partial charge on any atom is -0.366 e. The molecule has 0 saturated heterocycles. The Bertz CT molecular complexity index is 972. The third-order valence-electron chi connectivity index (χ3n) is 3.93. The van der Waals surface area contributed by atoms with Gasteiger partial charge in [0.15, 0.2) is 0 Å². The van der Waals surface area contributed by atoms with Gasteiger partial charge in [0.1, 0.15) is 17.8 Å². The smallest absolute Gasteiger partial charge is 0.366 e. The number of alkyl halides is 3. The zero-order valence-corrected chi connectivity index (χ0v) is 14.9. The molecule has 2 N–H and O–H groups in total. The molecular formula is C20H17F3N4O. The quantitative estimate of drug-likeness (QED) is 0.669. The molecule has 8 heteroatoms. The van der Waals surface area contributed by atoms with Crippen molar-refractivity contribution in [2.75, 3.05) is 10.6 Å². The average molecular weight is 386 g/mol. The monoisotopic (exact) mass is 386 g/mol. The van der Waals surface area contributed by atoms with Crippen molar-refractivity contribution in [1.82, 2.24) is 9.97 Å². The van der Waals surface area contributed by atoms with Gasteiger partial charge in [0, 0.05) is 18.3 Å². The Labute approximate surface area is 159 Å². The maximum atomic E-state index is 12.6. The highest BCUT2D eigenvalue weighted by atomic mass is 19.4. The molecule has 2 aromatic carbocycles. The van der Waals surface area contributed by atoms with Gasteiger partial charge in [-0.05, 0) is 36.8 Å². The standard InChI is InChI=1S/C20H17F3N4O/c1-13-3-2-4-14(9-13)11-24-18-10-17(25-12-26-18)19(28)27-16-7-5-15(6-8-16)20(21,22)23/h2-10,12H,11H2,1H3,(H,27,28)(H,24,25,26). The average Bonchev–Trinajstić information content (AvgIpc) is 2.66. The Hall–Kier alpha value is -3.42. The van der Waals surface area contributed by atoms with Gasteiger partial charge in [-0.25, -0.2) is 9.97 Å². The van der Waals surface area contributed by atoms with E-state index in [0.717, 1.165) is 23.3 Å². The van der Waals surface area contributed by atoms with Crippen LogP contribution in [-0.2, 0) is 12.7 Å². The Morgan fingerprint density at radius 2 is 1.79 bits per heavy atom. The molecule has 3 rings (SSSR count). The summed E-state index contributed by atoms with van der Waals surface area (Å²) >= 11 is 0. The Morgan fingerprint density at radius 3 is 2.46 bits per heavy atom. The zero-order valence-electron chi connectivity index (χ0n) is 14.9. The summed E-state index contributed by atoms with van der Waals surface area (Å²) in [5, 5.41) is 5.64. The van der Waals surface area contributed by atoms with Crippen molar-refractivity contribution in [3.05, 3.63) is 83.3 Å². The normalized spacial score (nSPS) is 11.1. The maximum Gasteiger partial charge on any atom is 0.416 e. The molecule has 0 bridgehead atoms. The van der Waals surface area contributed by atoms with Gasteiger partial charge >= 0.3 is 6.18 Å². The molecule has 0 aliphatic heterocycles. The first-order chi connectivity index (χ1) is 13.3. The van der Waals surface area contributed by atoms with Crippen LogP contribution in [0.5, 0.6) is 0 Å². The lowest BCUT2D eigenvalue weighted by Gasteiger charge is -2.10. The van der Waals surface area contributed by atoms with Crippen LogP contribution in [0.25, 0.3) is 0 Å². The van der Waals surface area contributed by atoms with E-state index < -0.39 is 17.6 Å². The van der Waals surface area contributed by atoms with Gasteiger partial charge in [-0.1, -0.05) is 29.8 Å². The second kappa shape index (κ2) is 8.08. The van der Waals surface area contributed by atoms with Gasteiger partial charge < -0.3 is 10.6 Å². The molecular weight excluding hydrogens is 369 g/mol. The highest BCUT2D eigenvalue weighted by Gasteiger charge is 2.30. The molecule has 1 aromatic heterocycles. The van der Waals surface area contributed by atoms with Crippen LogP contribution in [0, 0.1) is 6.92 Å². The van der Waals surface area contributed by atoms with Crippen molar-refractivity contribution in [2.24, 2.45) is 0 Å². The summed E-state index contributed by atoms with van der Waals surface area (Å²) in [6.07, 6.45) is -3.17. The predicted molar refractivity (Wildman–Crippen MR) is 99.9 cm³/mol. The Morgan fingerprint density at radius 1 is 1.04 bits per heavy atom. The highest BCUT2D eigenvalue weighted by molar-refractivity contribution is 6.03. The van der Waals surface area contributed by atoms with Gasteiger partial charge in [0.2, 0.25) is 0 Å². The number of benzene rings is 2. The van der Waals surface area contributed by atoms with E-state index >= 15 is 0 Å². The van der Waals surface area contributed by atoms with Crippen molar-refractivity contribution in [3.63, 3.8) is 0 Å². The minimum absolute atomic E-state index is 0.0987. The van der Waals surface area contributed by atoms with Crippen molar-refractivity contribution in [3.8, 4) is 0 Å². The van der Waals surface area contributed by atoms with E-state index in [1.54, 1.807) is 0 Å². The van der Waals surface area contributed by atoms with Crippen LogP contribution in [0.4, 0.5) is 24.7 Å². The topological polar surface area (TPSA) is 66.9 Å². The molecule has 0 aliphatic carbocycles. The number of carbonyl (C=O) groups is 1. The molecule has 144 valence electrons. The van der Waals surface area contributed by atoms with Crippen LogP contribution in [0.1, 0.15) is 27.2 Å². The van der Waals surface area contributed by atoms with Gasteiger partial charge in [0.05, 0.1) is 5.56 Å². The molecule has 3 aromatic rings. The van der Waals surface area contributed by atoms with E-state index in [2.05, 4.69) is 20.6 Å². The van der Waals surface area contributed by atoms with Crippen molar-refractivity contribution in [2.45, 2.75) is 19.6 Å². The van der Waals surface area contributed by atoms with Crippen LogP contribution in [0.3, 0.4) is 0 Å². The number of rotatable bonds is 5. The Balaban J connectivity index is 1.65. The molecule has 0 spiro atoms. The second-order valence-corrected chi connectivity index (χ2v) is 6.16. The van der Waals surface area contributed by atoms with Gasteiger partial charge in [-0.15, -0.1) is 0 Å². The number of hydrogen-bond donors (Lipinski definition) is 2. The molecule has 0 fully saturated rings. The van der Waals surface area contributed by atoms with Gasteiger partial charge in [0.25, 0.3) is 5.91 Å². The molecule has 1 amide bonds. The summed E-state index contributed by atoms with van der Waals surface area (Å²) in [6.45, 7) is 2.52. The molecule has 5 nitrogen and oxygen atoms in total. The summed E-state index contributed by atoms with van der Waals surface area (Å²) in [6, 6.07) is 13.6. The van der Waals surface area contributed by atoms with Crippen LogP contribution in [-0.4, -0.2) is 15.9 Å². The number of anilines is 2. The third kappa shape index (κ3) is 5.06. The van der Waals surface area contributed by atoms with E-state index in [-0.39, 0.29) is 11.4 Å². The number of halogens is 3. The fourth-order valence-electron chi connectivity index (χ4n) is 2.53. The third-order valence-corrected chi connectivity index (χ3v) is 3.93. The molecule has 0 radical (unpaired) electrons. The van der Waals surface area contributed by atoms with Crippen LogP contribution >= 0.6 is 0 Å². The Kier molecular flexibility index (Phi) is 5.58. The van der Waals surface area contributed by atoms with Crippen molar-refractivity contribution < 1.29 is 18.0 Å². The first-order valence-corrected chi connectivity index (χ1v) is 8.41. The zero-order chi connectivity index (χ0) is 20.1. The fraction of sp³-hybridized carbons (Fsp3) is 0.150. The van der Waals surface area contributed by atoms with Gasteiger partial charge in [-0.2, -0.15) is 13.2 Å². The lowest BCUT2D eigenvalue weighted by Crippen LogP contribution is -2.15. The van der Waals surface area contributed by atoms with E-state index in [9.17, 15) is 18.0 Å². The van der Waals surface area contributed by atoms with Gasteiger partial charge in [-0.3, -0.25) is 4.79 Å². The minimum atomic E-state index is -4.42. The van der Waals surface area contributed by atoms with Crippen LogP contribution in [0.15, 0.2) is 60.9 Å². The highest BCUT2D eigenvalue weighted by Crippen LogP contribution is 2.29. The largest absolute Gasteiger partial charge is 0.416 e. The summed E-state index contributed by atoms with van der Waals surface area (Å²) < 4.78 is 37.8. The number of amides is 1. The van der Waals surface area contributed by atoms with Crippen LogP contribution < -0.4 is 10.6 Å². The predicted octanol–water partition coefficient (Wildman–Crippen LogP) is 4.67.